The van der Waals surface area contributed by atoms with E-state index in [2.05, 4.69) is 5.43 Å². The lowest BCUT2D eigenvalue weighted by molar-refractivity contribution is -0.107. The van der Waals surface area contributed by atoms with Crippen molar-refractivity contribution in [1.29, 1.82) is 0 Å². The van der Waals surface area contributed by atoms with Crippen molar-refractivity contribution in [2.24, 2.45) is 0 Å². The van der Waals surface area contributed by atoms with Crippen LogP contribution >= 0.6 is 0 Å². The Hall–Kier alpha value is -2.82. The third-order valence-electron chi connectivity index (χ3n) is 6.44. The van der Waals surface area contributed by atoms with Crippen LogP contribution in [-0.4, -0.2) is 78.6 Å². The van der Waals surface area contributed by atoms with Crippen molar-refractivity contribution >= 4 is 17.4 Å². The number of carbonyl (C=O) groups is 1. The maximum atomic E-state index is 15.1. The lowest BCUT2D eigenvalue weighted by Crippen LogP contribution is -2.45. The van der Waals surface area contributed by atoms with E-state index >= 15 is 4.39 Å². The summed E-state index contributed by atoms with van der Waals surface area (Å²) in [5.41, 5.74) is 6.17. The minimum Gasteiger partial charge on any atom is -0.453 e. The molecule has 31 heavy (non-hydrogen) atoms. The number of nitrogens with one attached hydrogen (secondary N) is 1. The number of benzene rings is 1. The molecule has 2 N–H and O–H groups in total. The average molecular weight is 431 g/mol. The highest BCUT2D eigenvalue weighted by atomic mass is 19.1. The molecule has 1 amide bonds. The summed E-state index contributed by atoms with van der Waals surface area (Å²) in [6.45, 7) is 1.45. The number of rotatable bonds is 3. The van der Waals surface area contributed by atoms with Gasteiger partial charge in [-0.1, -0.05) is 6.08 Å². The fourth-order valence-electron chi connectivity index (χ4n) is 4.81. The lowest BCUT2D eigenvalue weighted by atomic mass is 9.95. The molecule has 0 bridgehead atoms. The number of aliphatic hydroxyl groups excluding tert-OH is 1. The van der Waals surface area contributed by atoms with Crippen LogP contribution in [0.25, 0.3) is 5.57 Å². The van der Waals surface area contributed by atoms with E-state index in [0.29, 0.717) is 43.7 Å². The van der Waals surface area contributed by atoms with Gasteiger partial charge in [0, 0.05) is 43.8 Å². The predicted molar refractivity (Wildman–Crippen MR) is 111 cm³/mol. The van der Waals surface area contributed by atoms with Gasteiger partial charge >= 0.3 is 6.09 Å². The molecule has 0 radical (unpaired) electrons. The Morgan fingerprint density at radius 2 is 2.26 bits per heavy atom. The zero-order valence-corrected chi connectivity index (χ0v) is 17.5. The van der Waals surface area contributed by atoms with Crippen molar-refractivity contribution in [1.82, 2.24) is 20.5 Å². The van der Waals surface area contributed by atoms with Crippen LogP contribution in [0.15, 0.2) is 30.6 Å². The van der Waals surface area contributed by atoms with Crippen LogP contribution < -0.4 is 10.3 Å². The molecule has 1 aromatic carbocycles. The molecule has 1 fully saturated rings. The summed E-state index contributed by atoms with van der Waals surface area (Å²) in [5, 5.41) is 14.3. The van der Waals surface area contributed by atoms with Crippen molar-refractivity contribution in [3.63, 3.8) is 0 Å². The van der Waals surface area contributed by atoms with E-state index in [-0.39, 0.29) is 24.1 Å². The molecule has 4 aliphatic heterocycles. The smallest absolute Gasteiger partial charge is 0.409 e. The van der Waals surface area contributed by atoms with E-state index in [4.69, 9.17) is 9.47 Å². The molecule has 166 valence electrons. The second kappa shape index (κ2) is 7.70. The Labute approximate surface area is 179 Å². The molecular weight excluding hydrogens is 405 g/mol. The summed E-state index contributed by atoms with van der Waals surface area (Å²) in [5.74, 6) is -0.334. The first-order valence-electron chi connectivity index (χ1n) is 10.4. The SMILES string of the molecule is COC(=O)N1CC=C(c2cc3c(cc2F)N2C(O)OC(CN4C=CNN4C)[C@@H]2C3)CC1. The molecule has 3 atom stereocenters. The largest absolute Gasteiger partial charge is 0.453 e. The summed E-state index contributed by atoms with van der Waals surface area (Å²) in [4.78, 5) is 15.0. The van der Waals surface area contributed by atoms with Crippen LogP contribution in [0, 0.1) is 5.82 Å². The molecule has 0 saturated carbocycles. The van der Waals surface area contributed by atoms with Crippen molar-refractivity contribution < 1.29 is 23.8 Å². The first-order valence-corrected chi connectivity index (χ1v) is 10.4. The fraction of sp³-hybridized carbons (Fsp3) is 0.476. The van der Waals surface area contributed by atoms with Gasteiger partial charge in [-0.2, -0.15) is 0 Å². The topological polar surface area (TPSA) is 80.8 Å². The number of fused-ring (bicyclic) bond motifs is 3. The molecular formula is C21H26FN5O4. The van der Waals surface area contributed by atoms with Crippen LogP contribution in [0.3, 0.4) is 0 Å². The number of ether oxygens (including phenoxy) is 2. The minimum atomic E-state index is -1.10. The molecule has 10 heteroatoms. The molecule has 5 rings (SSSR count). The average Bonchev–Trinajstić information content (AvgIpc) is 3.43. The van der Waals surface area contributed by atoms with E-state index in [0.717, 1.165) is 11.1 Å². The predicted octanol–water partition coefficient (Wildman–Crippen LogP) is 1.23. The Morgan fingerprint density at radius 1 is 1.42 bits per heavy atom. The number of methoxy groups -OCH3 is 1. The Morgan fingerprint density at radius 3 is 2.94 bits per heavy atom. The van der Waals surface area contributed by atoms with E-state index in [1.165, 1.54) is 13.2 Å². The van der Waals surface area contributed by atoms with Gasteiger partial charge in [-0.15, -0.1) is 5.12 Å². The fourth-order valence-corrected chi connectivity index (χ4v) is 4.81. The third kappa shape index (κ3) is 3.40. The number of halogens is 1. The number of anilines is 1. The highest BCUT2D eigenvalue weighted by Crippen LogP contribution is 2.42. The second-order valence-electron chi connectivity index (χ2n) is 8.13. The number of amides is 1. The number of nitrogens with zero attached hydrogens (tertiary/aromatic N) is 4. The number of carbonyl (C=O) groups excluding carboxylic acids is 1. The van der Waals surface area contributed by atoms with E-state index in [1.807, 2.05) is 41.7 Å². The Kier molecular flexibility index (Phi) is 4.99. The van der Waals surface area contributed by atoms with Crippen molar-refractivity contribution in [2.45, 2.75) is 31.4 Å². The molecule has 4 heterocycles. The van der Waals surface area contributed by atoms with Crippen LogP contribution in [0.1, 0.15) is 17.5 Å². The Balaban J connectivity index is 1.36. The summed E-state index contributed by atoms with van der Waals surface area (Å²) in [6, 6.07) is 3.31. The van der Waals surface area contributed by atoms with Crippen molar-refractivity contribution in [3.05, 3.63) is 47.6 Å². The van der Waals surface area contributed by atoms with Gasteiger partial charge in [0.15, 0.2) is 0 Å². The normalized spacial score (nSPS) is 27.3. The molecule has 0 aromatic heterocycles. The lowest BCUT2D eigenvalue weighted by Gasteiger charge is -2.28. The maximum Gasteiger partial charge on any atom is 0.409 e. The van der Waals surface area contributed by atoms with Gasteiger partial charge in [-0.3, -0.25) is 5.01 Å². The number of aliphatic hydroxyl groups is 1. The van der Waals surface area contributed by atoms with Gasteiger partial charge in [0.2, 0.25) is 6.41 Å². The highest BCUT2D eigenvalue weighted by molar-refractivity contribution is 5.75. The van der Waals surface area contributed by atoms with Crippen molar-refractivity contribution in [2.75, 3.05) is 38.7 Å². The summed E-state index contributed by atoms with van der Waals surface area (Å²) >= 11 is 0. The molecule has 4 aliphatic rings. The monoisotopic (exact) mass is 431 g/mol. The van der Waals surface area contributed by atoms with Gasteiger partial charge in [0.1, 0.15) is 11.9 Å². The van der Waals surface area contributed by atoms with E-state index in [9.17, 15) is 9.90 Å². The summed E-state index contributed by atoms with van der Waals surface area (Å²) in [7, 11) is 3.25. The minimum absolute atomic E-state index is 0.0720. The third-order valence-corrected chi connectivity index (χ3v) is 6.44. The van der Waals surface area contributed by atoms with E-state index < -0.39 is 6.41 Å². The van der Waals surface area contributed by atoms with Gasteiger partial charge in [-0.25, -0.2) is 9.18 Å². The summed E-state index contributed by atoms with van der Waals surface area (Å²) in [6.07, 6.45) is 5.13. The number of hydrogen-bond acceptors (Lipinski definition) is 8. The number of hydrogen-bond donors (Lipinski definition) is 2. The van der Waals surface area contributed by atoms with Gasteiger partial charge < -0.3 is 29.8 Å². The van der Waals surface area contributed by atoms with Gasteiger partial charge in [0.05, 0.1) is 19.7 Å². The summed E-state index contributed by atoms with van der Waals surface area (Å²) < 4.78 is 25.6. The highest BCUT2D eigenvalue weighted by Gasteiger charge is 2.47. The van der Waals surface area contributed by atoms with Gasteiger partial charge in [-0.05, 0) is 36.1 Å². The van der Waals surface area contributed by atoms with Crippen LogP contribution in [-0.2, 0) is 15.9 Å². The molecule has 0 spiro atoms. The quantitative estimate of drug-likeness (QED) is 0.740. The second-order valence-corrected chi connectivity index (χ2v) is 8.13. The molecule has 9 nitrogen and oxygen atoms in total. The first kappa shape index (κ1) is 20.1. The zero-order chi connectivity index (χ0) is 21.7. The van der Waals surface area contributed by atoms with Crippen LogP contribution in [0.5, 0.6) is 0 Å². The van der Waals surface area contributed by atoms with Crippen LogP contribution in [0.4, 0.5) is 14.9 Å². The Bertz CT molecular complexity index is 954. The maximum absolute atomic E-state index is 15.1. The molecule has 1 saturated heterocycles. The standard InChI is InChI=1S/C21H26FN5O4/c1-24-23-5-8-26(24)12-19-18-10-14-9-15(13-3-6-25(7-4-13)20(28)30-2)16(22)11-17(14)27(18)21(29)31-19/h3,5,8-9,11,18-19,21,23,29H,4,6-7,10,12H2,1-2H3/t18-,19?,21?/m0/s1. The van der Waals surface area contributed by atoms with Crippen LogP contribution in [0.2, 0.25) is 0 Å². The van der Waals surface area contributed by atoms with E-state index in [1.54, 1.807) is 9.80 Å². The first-order chi connectivity index (χ1) is 15.0. The molecule has 1 aromatic rings. The molecule has 2 unspecified atom stereocenters. The van der Waals surface area contributed by atoms with Crippen molar-refractivity contribution in [3.8, 4) is 0 Å². The molecule has 0 aliphatic carbocycles. The number of hydrazine groups is 2. The zero-order valence-electron chi connectivity index (χ0n) is 17.5. The van der Waals surface area contributed by atoms with Gasteiger partial charge in [0.25, 0.3) is 0 Å².